The predicted octanol–water partition coefficient (Wildman–Crippen LogP) is 3.62. The van der Waals surface area contributed by atoms with Crippen LogP contribution in [0.5, 0.6) is 0 Å². The second-order valence-electron chi connectivity index (χ2n) is 5.43. The molecule has 104 valence electrons. The predicted molar refractivity (Wildman–Crippen MR) is 78.3 cm³/mol. The van der Waals surface area contributed by atoms with E-state index in [1.807, 2.05) is 12.3 Å². The summed E-state index contributed by atoms with van der Waals surface area (Å²) in [6.07, 6.45) is 3.22. The maximum Gasteiger partial charge on any atom is 0.337 e. The fraction of sp³-hybridized carbons (Fsp3) is 0.267. The molecule has 0 atom stereocenters. The summed E-state index contributed by atoms with van der Waals surface area (Å²) in [4.78, 5) is 19.3. The van der Waals surface area contributed by atoms with Crippen LogP contribution in [0.1, 0.15) is 36.7 Å². The molecule has 0 saturated heterocycles. The summed E-state index contributed by atoms with van der Waals surface area (Å²) >= 11 is 1.41. The molecule has 0 amide bonds. The number of carboxylic acids is 1. The molecule has 0 aliphatic carbocycles. The van der Waals surface area contributed by atoms with Crippen LogP contribution in [0.25, 0.3) is 0 Å². The molecule has 0 aromatic carbocycles. The smallest absolute Gasteiger partial charge is 0.337 e. The molecule has 0 aliphatic heterocycles. The molecule has 2 heterocycles. The Morgan fingerprint density at radius 2 is 1.65 bits per heavy atom. The summed E-state index contributed by atoms with van der Waals surface area (Å²) < 4.78 is 0. The van der Waals surface area contributed by atoms with Crippen LogP contribution in [0.15, 0.2) is 46.7 Å². The van der Waals surface area contributed by atoms with Crippen LogP contribution in [-0.2, 0) is 5.41 Å². The molecule has 1 N–H and O–H groups in total. The van der Waals surface area contributed by atoms with Crippen molar-refractivity contribution in [3.63, 3.8) is 0 Å². The van der Waals surface area contributed by atoms with E-state index in [0.717, 1.165) is 10.1 Å². The second-order valence-corrected chi connectivity index (χ2v) is 6.47. The first-order chi connectivity index (χ1) is 9.36. The molecule has 2 aromatic rings. The van der Waals surface area contributed by atoms with Gasteiger partial charge in [0.25, 0.3) is 0 Å². The van der Waals surface area contributed by atoms with E-state index >= 15 is 0 Å². The van der Waals surface area contributed by atoms with E-state index in [4.69, 9.17) is 5.11 Å². The van der Waals surface area contributed by atoms with Gasteiger partial charge in [-0.3, -0.25) is 0 Å². The van der Waals surface area contributed by atoms with Crippen LogP contribution in [0.3, 0.4) is 0 Å². The highest BCUT2D eigenvalue weighted by Gasteiger charge is 2.14. The lowest BCUT2D eigenvalue weighted by Crippen LogP contribution is -2.11. The van der Waals surface area contributed by atoms with Crippen molar-refractivity contribution in [1.29, 1.82) is 0 Å². The molecule has 2 rings (SSSR count). The average molecular weight is 288 g/mol. The SMILES string of the molecule is CC(C)(C)c1ccc(Sc2ccc(C(=O)O)cn2)nc1. The summed E-state index contributed by atoms with van der Waals surface area (Å²) in [6.45, 7) is 6.43. The quantitative estimate of drug-likeness (QED) is 0.934. The normalized spacial score (nSPS) is 11.3. The molecule has 0 aliphatic rings. The van der Waals surface area contributed by atoms with Gasteiger partial charge in [-0.25, -0.2) is 14.8 Å². The van der Waals surface area contributed by atoms with Gasteiger partial charge in [0.15, 0.2) is 0 Å². The van der Waals surface area contributed by atoms with Crippen LogP contribution in [-0.4, -0.2) is 21.0 Å². The van der Waals surface area contributed by atoms with Crippen molar-refractivity contribution < 1.29 is 9.90 Å². The van der Waals surface area contributed by atoms with E-state index in [1.54, 1.807) is 12.1 Å². The molecule has 0 unspecified atom stereocenters. The van der Waals surface area contributed by atoms with Crippen LogP contribution >= 0.6 is 11.8 Å². The highest BCUT2D eigenvalue weighted by molar-refractivity contribution is 7.99. The van der Waals surface area contributed by atoms with Crippen molar-refractivity contribution in [3.05, 3.63) is 47.8 Å². The zero-order chi connectivity index (χ0) is 14.8. The van der Waals surface area contributed by atoms with Gasteiger partial charge >= 0.3 is 5.97 Å². The standard InChI is InChI=1S/C15H16N2O2S/c1-15(2,3)11-5-7-13(17-9-11)20-12-6-4-10(8-16-12)14(18)19/h4-9H,1-3H3,(H,18,19). The third kappa shape index (κ3) is 3.57. The van der Waals surface area contributed by atoms with Crippen molar-refractivity contribution >= 4 is 17.7 Å². The topological polar surface area (TPSA) is 63.1 Å². The van der Waals surface area contributed by atoms with E-state index in [0.29, 0.717) is 0 Å². The van der Waals surface area contributed by atoms with Gasteiger partial charge in [0.1, 0.15) is 10.1 Å². The Morgan fingerprint density at radius 1 is 1.05 bits per heavy atom. The van der Waals surface area contributed by atoms with E-state index in [-0.39, 0.29) is 11.0 Å². The van der Waals surface area contributed by atoms with E-state index < -0.39 is 5.97 Å². The van der Waals surface area contributed by atoms with Crippen molar-refractivity contribution in [2.45, 2.75) is 36.2 Å². The highest BCUT2D eigenvalue weighted by atomic mass is 32.2. The van der Waals surface area contributed by atoms with Gasteiger partial charge < -0.3 is 5.11 Å². The van der Waals surface area contributed by atoms with Crippen molar-refractivity contribution in [3.8, 4) is 0 Å². The Kier molecular flexibility index (Phi) is 4.09. The Labute approximate surface area is 122 Å². The molecule has 4 nitrogen and oxygen atoms in total. The Bertz CT molecular complexity index is 601. The lowest BCUT2D eigenvalue weighted by atomic mass is 9.88. The highest BCUT2D eigenvalue weighted by Crippen LogP contribution is 2.27. The zero-order valence-corrected chi connectivity index (χ0v) is 12.4. The van der Waals surface area contributed by atoms with Gasteiger partial charge in [-0.1, -0.05) is 38.6 Å². The molecular formula is C15H16N2O2S. The summed E-state index contributed by atoms with van der Waals surface area (Å²) in [5, 5.41) is 10.4. The molecule has 0 spiro atoms. The minimum atomic E-state index is -0.971. The summed E-state index contributed by atoms with van der Waals surface area (Å²) in [5.41, 5.74) is 1.44. The first kappa shape index (κ1) is 14.5. The van der Waals surface area contributed by atoms with E-state index in [1.165, 1.54) is 23.5 Å². The Hall–Kier alpha value is -1.88. The average Bonchev–Trinajstić information content (AvgIpc) is 2.39. The number of carboxylic acid groups (broad SMARTS) is 1. The number of pyridine rings is 2. The summed E-state index contributed by atoms with van der Waals surface area (Å²) in [5.74, 6) is -0.971. The summed E-state index contributed by atoms with van der Waals surface area (Å²) in [7, 11) is 0. The lowest BCUT2D eigenvalue weighted by molar-refractivity contribution is 0.0696. The maximum atomic E-state index is 10.7. The fourth-order valence-electron chi connectivity index (χ4n) is 1.56. The second kappa shape index (κ2) is 5.63. The molecule has 0 bridgehead atoms. The third-order valence-corrected chi connectivity index (χ3v) is 3.70. The zero-order valence-electron chi connectivity index (χ0n) is 11.6. The number of aromatic carboxylic acids is 1. The number of aromatic nitrogens is 2. The van der Waals surface area contributed by atoms with Crippen LogP contribution in [0, 0.1) is 0 Å². The van der Waals surface area contributed by atoms with Crippen molar-refractivity contribution in [2.24, 2.45) is 0 Å². The molecule has 0 radical (unpaired) electrons. The molecule has 5 heteroatoms. The van der Waals surface area contributed by atoms with Crippen LogP contribution < -0.4 is 0 Å². The van der Waals surface area contributed by atoms with Gasteiger partial charge in [-0.2, -0.15) is 0 Å². The van der Waals surface area contributed by atoms with Gasteiger partial charge in [0.05, 0.1) is 5.56 Å². The molecule has 20 heavy (non-hydrogen) atoms. The van der Waals surface area contributed by atoms with Gasteiger partial charge in [-0.15, -0.1) is 0 Å². The number of hydrogen-bond acceptors (Lipinski definition) is 4. The first-order valence-corrected chi connectivity index (χ1v) is 7.01. The maximum absolute atomic E-state index is 10.7. The van der Waals surface area contributed by atoms with Gasteiger partial charge in [0, 0.05) is 12.4 Å². The Morgan fingerprint density at radius 3 is 2.05 bits per heavy atom. The largest absolute Gasteiger partial charge is 0.478 e. The lowest BCUT2D eigenvalue weighted by Gasteiger charge is -2.18. The molecule has 0 saturated carbocycles. The molecule has 2 aromatic heterocycles. The minimum Gasteiger partial charge on any atom is -0.478 e. The monoisotopic (exact) mass is 288 g/mol. The number of rotatable bonds is 3. The fourth-order valence-corrected chi connectivity index (χ4v) is 2.26. The number of hydrogen-bond donors (Lipinski definition) is 1. The Balaban J connectivity index is 2.12. The minimum absolute atomic E-state index is 0.0809. The van der Waals surface area contributed by atoms with E-state index in [2.05, 4.69) is 36.8 Å². The molecular weight excluding hydrogens is 272 g/mol. The van der Waals surface area contributed by atoms with Gasteiger partial charge in [0.2, 0.25) is 0 Å². The third-order valence-electron chi connectivity index (χ3n) is 2.79. The van der Waals surface area contributed by atoms with Gasteiger partial charge in [-0.05, 0) is 29.2 Å². The number of nitrogens with zero attached hydrogens (tertiary/aromatic N) is 2. The summed E-state index contributed by atoms with van der Waals surface area (Å²) in [6, 6.07) is 7.24. The van der Waals surface area contributed by atoms with Crippen molar-refractivity contribution in [1.82, 2.24) is 9.97 Å². The van der Waals surface area contributed by atoms with E-state index in [9.17, 15) is 4.79 Å². The van der Waals surface area contributed by atoms with Crippen molar-refractivity contribution in [2.75, 3.05) is 0 Å². The molecule has 0 fully saturated rings. The number of carbonyl (C=O) groups is 1. The van der Waals surface area contributed by atoms with Crippen LogP contribution in [0.2, 0.25) is 0 Å². The van der Waals surface area contributed by atoms with Crippen LogP contribution in [0.4, 0.5) is 0 Å². The first-order valence-electron chi connectivity index (χ1n) is 6.20.